The summed E-state index contributed by atoms with van der Waals surface area (Å²) in [5.74, 6) is 0. The first kappa shape index (κ1) is 12.5. The van der Waals surface area contributed by atoms with Crippen LogP contribution in [0.1, 0.15) is 11.1 Å². The zero-order chi connectivity index (χ0) is 13.8. The van der Waals surface area contributed by atoms with Gasteiger partial charge in [0.05, 0.1) is 11.4 Å². The molecule has 2 aromatic rings. The van der Waals surface area contributed by atoms with Crippen LogP contribution < -0.4 is 10.6 Å². The third-order valence-corrected chi connectivity index (χ3v) is 3.30. The fourth-order valence-electron chi connectivity index (χ4n) is 2.31. The number of fused-ring (bicyclic) bond motifs is 1. The van der Waals surface area contributed by atoms with Gasteiger partial charge in [-0.2, -0.15) is 0 Å². The fraction of sp³-hybridized carbons (Fsp3) is 0.188. The smallest absolute Gasteiger partial charge is 0.412 e. The average Bonchev–Trinajstić information content (AvgIpc) is 2.96. The minimum absolute atomic E-state index is 0.273. The van der Waals surface area contributed by atoms with Crippen LogP contribution in [0, 0.1) is 0 Å². The van der Waals surface area contributed by atoms with Gasteiger partial charge in [-0.3, -0.25) is 5.32 Å². The SMILES string of the molecule is O=C(Nc1cccc2c1NCC2)OCc1ccccc1. The molecule has 20 heavy (non-hydrogen) atoms. The van der Waals surface area contributed by atoms with E-state index in [1.807, 2.05) is 42.5 Å². The molecule has 0 saturated carbocycles. The van der Waals surface area contributed by atoms with Crippen molar-refractivity contribution < 1.29 is 9.53 Å². The van der Waals surface area contributed by atoms with E-state index in [4.69, 9.17) is 4.74 Å². The van der Waals surface area contributed by atoms with Gasteiger partial charge in [0, 0.05) is 6.54 Å². The average molecular weight is 268 g/mol. The zero-order valence-corrected chi connectivity index (χ0v) is 11.1. The van der Waals surface area contributed by atoms with Crippen LogP contribution in [0.5, 0.6) is 0 Å². The van der Waals surface area contributed by atoms with Crippen LogP contribution in [0.2, 0.25) is 0 Å². The molecule has 1 heterocycles. The van der Waals surface area contributed by atoms with Crippen LogP contribution in [-0.4, -0.2) is 12.6 Å². The Balaban J connectivity index is 1.61. The normalized spacial score (nSPS) is 12.4. The van der Waals surface area contributed by atoms with Gasteiger partial charge in [-0.15, -0.1) is 0 Å². The largest absolute Gasteiger partial charge is 0.444 e. The Morgan fingerprint density at radius 3 is 2.85 bits per heavy atom. The molecule has 3 rings (SSSR count). The first-order valence-electron chi connectivity index (χ1n) is 6.66. The van der Waals surface area contributed by atoms with Crippen molar-refractivity contribution in [1.82, 2.24) is 0 Å². The molecule has 4 nitrogen and oxygen atoms in total. The standard InChI is InChI=1S/C16H16N2O2/c19-16(20-11-12-5-2-1-3-6-12)18-14-8-4-7-13-9-10-17-15(13)14/h1-8,17H,9-11H2,(H,18,19). The molecule has 0 bridgehead atoms. The third kappa shape index (κ3) is 2.74. The number of nitrogens with one attached hydrogen (secondary N) is 2. The number of anilines is 2. The number of benzene rings is 2. The first-order chi connectivity index (χ1) is 9.83. The molecule has 2 N–H and O–H groups in total. The molecule has 0 radical (unpaired) electrons. The van der Waals surface area contributed by atoms with Crippen LogP contribution in [-0.2, 0) is 17.8 Å². The van der Waals surface area contributed by atoms with Gasteiger partial charge >= 0.3 is 6.09 Å². The van der Waals surface area contributed by atoms with E-state index >= 15 is 0 Å². The highest BCUT2D eigenvalue weighted by molar-refractivity contribution is 5.90. The highest BCUT2D eigenvalue weighted by Crippen LogP contribution is 2.30. The number of carbonyl (C=O) groups is 1. The summed E-state index contributed by atoms with van der Waals surface area (Å²) < 4.78 is 5.21. The topological polar surface area (TPSA) is 50.4 Å². The number of hydrogen-bond acceptors (Lipinski definition) is 3. The van der Waals surface area contributed by atoms with Gasteiger partial charge in [0.1, 0.15) is 6.61 Å². The summed E-state index contributed by atoms with van der Waals surface area (Å²) in [6.45, 7) is 1.18. The first-order valence-corrected chi connectivity index (χ1v) is 6.66. The second-order valence-corrected chi connectivity index (χ2v) is 4.70. The Hall–Kier alpha value is -2.49. The summed E-state index contributed by atoms with van der Waals surface area (Å²) in [5, 5.41) is 6.07. The summed E-state index contributed by atoms with van der Waals surface area (Å²) in [5.41, 5.74) is 3.98. The van der Waals surface area contributed by atoms with Crippen molar-refractivity contribution in [3.8, 4) is 0 Å². The summed E-state index contributed by atoms with van der Waals surface area (Å²) in [6.07, 6.45) is 0.556. The lowest BCUT2D eigenvalue weighted by molar-refractivity contribution is 0.155. The lowest BCUT2D eigenvalue weighted by atomic mass is 10.1. The number of rotatable bonds is 3. The van der Waals surface area contributed by atoms with Gasteiger partial charge in [-0.1, -0.05) is 42.5 Å². The molecule has 1 aliphatic rings. The molecule has 102 valence electrons. The molecule has 1 aliphatic heterocycles. The Labute approximate surface area is 117 Å². The molecule has 2 aromatic carbocycles. The summed E-state index contributed by atoms with van der Waals surface area (Å²) in [7, 11) is 0. The number of hydrogen-bond donors (Lipinski definition) is 2. The molecule has 0 aliphatic carbocycles. The monoisotopic (exact) mass is 268 g/mol. The van der Waals surface area contributed by atoms with Crippen LogP contribution >= 0.6 is 0 Å². The van der Waals surface area contributed by atoms with Crippen LogP contribution in [0.25, 0.3) is 0 Å². The van der Waals surface area contributed by atoms with E-state index in [-0.39, 0.29) is 6.61 Å². The number of carbonyl (C=O) groups excluding carboxylic acids is 1. The predicted octanol–water partition coefficient (Wildman–Crippen LogP) is 3.40. The van der Waals surface area contributed by atoms with E-state index in [0.29, 0.717) is 0 Å². The molecule has 0 aromatic heterocycles. The highest BCUT2D eigenvalue weighted by atomic mass is 16.5. The molecule has 0 unspecified atom stereocenters. The Bertz CT molecular complexity index is 611. The predicted molar refractivity (Wildman–Crippen MR) is 78.9 cm³/mol. The van der Waals surface area contributed by atoms with Crippen molar-refractivity contribution in [2.24, 2.45) is 0 Å². The minimum atomic E-state index is -0.434. The number of ether oxygens (including phenoxy) is 1. The lowest BCUT2D eigenvalue weighted by Crippen LogP contribution is -2.14. The van der Waals surface area contributed by atoms with Gasteiger partial charge in [0.15, 0.2) is 0 Å². The van der Waals surface area contributed by atoms with E-state index in [0.717, 1.165) is 29.9 Å². The van der Waals surface area contributed by atoms with E-state index in [2.05, 4.69) is 16.7 Å². The maximum absolute atomic E-state index is 11.8. The van der Waals surface area contributed by atoms with Gasteiger partial charge < -0.3 is 10.1 Å². The van der Waals surface area contributed by atoms with Crippen molar-refractivity contribution in [2.45, 2.75) is 13.0 Å². The van der Waals surface area contributed by atoms with Crippen LogP contribution in [0.15, 0.2) is 48.5 Å². The Kier molecular flexibility index (Phi) is 3.54. The quantitative estimate of drug-likeness (QED) is 0.897. The van der Waals surface area contributed by atoms with Crippen molar-refractivity contribution in [3.63, 3.8) is 0 Å². The Morgan fingerprint density at radius 2 is 2.00 bits per heavy atom. The minimum Gasteiger partial charge on any atom is -0.444 e. The maximum Gasteiger partial charge on any atom is 0.412 e. The molecular formula is C16H16N2O2. The van der Waals surface area contributed by atoms with Crippen LogP contribution in [0.3, 0.4) is 0 Å². The highest BCUT2D eigenvalue weighted by Gasteiger charge is 2.15. The Morgan fingerprint density at radius 1 is 1.15 bits per heavy atom. The van der Waals surface area contributed by atoms with Crippen molar-refractivity contribution in [3.05, 3.63) is 59.7 Å². The van der Waals surface area contributed by atoms with Gasteiger partial charge in [0.2, 0.25) is 0 Å². The van der Waals surface area contributed by atoms with E-state index in [1.165, 1.54) is 5.56 Å². The van der Waals surface area contributed by atoms with Crippen molar-refractivity contribution in [1.29, 1.82) is 0 Å². The van der Waals surface area contributed by atoms with E-state index < -0.39 is 6.09 Å². The third-order valence-electron chi connectivity index (χ3n) is 3.30. The molecule has 1 amide bonds. The van der Waals surface area contributed by atoms with Crippen molar-refractivity contribution in [2.75, 3.05) is 17.2 Å². The van der Waals surface area contributed by atoms with Gasteiger partial charge in [-0.25, -0.2) is 4.79 Å². The zero-order valence-electron chi connectivity index (χ0n) is 11.1. The van der Waals surface area contributed by atoms with E-state index in [1.54, 1.807) is 0 Å². The van der Waals surface area contributed by atoms with Crippen LogP contribution in [0.4, 0.5) is 16.2 Å². The number of para-hydroxylation sites is 1. The fourth-order valence-corrected chi connectivity index (χ4v) is 2.31. The molecule has 0 atom stereocenters. The second-order valence-electron chi connectivity index (χ2n) is 4.70. The second kappa shape index (κ2) is 5.65. The summed E-state index contributed by atoms with van der Waals surface area (Å²) in [6, 6.07) is 15.5. The molecule has 0 spiro atoms. The molecule has 4 heteroatoms. The summed E-state index contributed by atoms with van der Waals surface area (Å²) >= 11 is 0. The lowest BCUT2D eigenvalue weighted by Gasteiger charge is -2.11. The molecule has 0 saturated heterocycles. The molecule has 0 fully saturated rings. The van der Waals surface area contributed by atoms with Crippen molar-refractivity contribution >= 4 is 17.5 Å². The summed E-state index contributed by atoms with van der Waals surface area (Å²) in [4.78, 5) is 11.8. The van der Waals surface area contributed by atoms with Gasteiger partial charge in [-0.05, 0) is 23.6 Å². The van der Waals surface area contributed by atoms with Gasteiger partial charge in [0.25, 0.3) is 0 Å². The molecular weight excluding hydrogens is 252 g/mol. The van der Waals surface area contributed by atoms with E-state index in [9.17, 15) is 4.79 Å². The number of amides is 1. The maximum atomic E-state index is 11.8.